The summed E-state index contributed by atoms with van der Waals surface area (Å²) in [6.45, 7) is 2.16. The van der Waals surface area contributed by atoms with Gasteiger partial charge in [-0.1, -0.05) is 25.1 Å². The van der Waals surface area contributed by atoms with E-state index in [9.17, 15) is 5.11 Å². The van der Waals surface area contributed by atoms with Crippen molar-refractivity contribution in [2.24, 2.45) is 0 Å². The Morgan fingerprint density at radius 1 is 1.42 bits per heavy atom. The Bertz CT molecular complexity index is 285. The molecule has 12 heavy (non-hydrogen) atoms. The second-order valence-corrected chi connectivity index (χ2v) is 4.70. The molecule has 0 unspecified atom stereocenters. The van der Waals surface area contributed by atoms with Gasteiger partial charge in [0, 0.05) is 10.1 Å². The molecule has 64 valence electrons. The lowest BCUT2D eigenvalue weighted by Crippen LogP contribution is -2.12. The zero-order valence-electron chi connectivity index (χ0n) is 7.03. The first kappa shape index (κ1) is 8.14. The van der Waals surface area contributed by atoms with Crippen LogP contribution in [0.1, 0.15) is 25.0 Å². The van der Waals surface area contributed by atoms with Gasteiger partial charge in [0.2, 0.25) is 0 Å². The molecule has 1 aromatic rings. The Balaban J connectivity index is 2.40. The van der Waals surface area contributed by atoms with E-state index in [2.05, 4.69) is 13.0 Å². The number of hydrogen-bond acceptors (Lipinski definition) is 2. The summed E-state index contributed by atoms with van der Waals surface area (Å²) in [4.78, 5) is 1.24. The van der Waals surface area contributed by atoms with Gasteiger partial charge in [0.1, 0.15) is 0 Å². The molecule has 0 fully saturated rings. The summed E-state index contributed by atoms with van der Waals surface area (Å²) in [5, 5.41) is 10.3. The van der Waals surface area contributed by atoms with E-state index in [0.717, 1.165) is 12.0 Å². The van der Waals surface area contributed by atoms with Crippen molar-refractivity contribution in [1.82, 2.24) is 0 Å². The highest BCUT2D eigenvalue weighted by Gasteiger charge is 2.22. The maximum Gasteiger partial charge on any atom is 0.0811 e. The molecule has 0 saturated carbocycles. The Hall–Kier alpha value is -0.470. The lowest BCUT2D eigenvalue weighted by molar-refractivity contribution is 0.163. The van der Waals surface area contributed by atoms with Crippen molar-refractivity contribution in [2.75, 3.05) is 0 Å². The van der Waals surface area contributed by atoms with Crippen LogP contribution in [-0.4, -0.2) is 10.4 Å². The summed E-state index contributed by atoms with van der Waals surface area (Å²) in [5.41, 5.74) is 1.10. The second-order valence-electron chi connectivity index (χ2n) is 3.22. The fourth-order valence-electron chi connectivity index (χ4n) is 1.57. The predicted molar refractivity (Wildman–Crippen MR) is 51.3 cm³/mol. The smallest absolute Gasteiger partial charge is 0.0811 e. The highest BCUT2D eigenvalue weighted by molar-refractivity contribution is 8.00. The van der Waals surface area contributed by atoms with E-state index in [4.69, 9.17) is 0 Å². The maximum absolute atomic E-state index is 9.72. The van der Waals surface area contributed by atoms with Crippen molar-refractivity contribution in [3.05, 3.63) is 29.8 Å². The van der Waals surface area contributed by atoms with Gasteiger partial charge in [-0.25, -0.2) is 0 Å². The Morgan fingerprint density at radius 2 is 2.17 bits per heavy atom. The number of rotatable bonds is 0. The minimum atomic E-state index is -0.252. The van der Waals surface area contributed by atoms with Crippen LogP contribution in [0, 0.1) is 0 Å². The van der Waals surface area contributed by atoms with Crippen LogP contribution in [0.4, 0.5) is 0 Å². The standard InChI is InChI=1S/C10H12OS/c1-7-6-9(11)8-4-2-3-5-10(8)12-7/h2-5,7,9,11H,6H2,1H3/t7-,9+/m0/s1. The topological polar surface area (TPSA) is 20.2 Å². The van der Waals surface area contributed by atoms with Gasteiger partial charge in [0.25, 0.3) is 0 Å². The summed E-state index contributed by atoms with van der Waals surface area (Å²) in [7, 11) is 0. The van der Waals surface area contributed by atoms with Crippen molar-refractivity contribution >= 4 is 11.8 Å². The van der Waals surface area contributed by atoms with Gasteiger partial charge in [-0.3, -0.25) is 0 Å². The van der Waals surface area contributed by atoms with Gasteiger partial charge in [-0.2, -0.15) is 0 Å². The van der Waals surface area contributed by atoms with Crippen LogP contribution in [0.2, 0.25) is 0 Å². The average Bonchev–Trinajstić information content (AvgIpc) is 2.04. The molecule has 0 bridgehead atoms. The van der Waals surface area contributed by atoms with Crippen molar-refractivity contribution in [3.63, 3.8) is 0 Å². The van der Waals surface area contributed by atoms with Crippen LogP contribution in [-0.2, 0) is 0 Å². The number of thioether (sulfide) groups is 1. The van der Waals surface area contributed by atoms with E-state index in [1.54, 1.807) is 0 Å². The van der Waals surface area contributed by atoms with Gasteiger partial charge in [0.15, 0.2) is 0 Å². The predicted octanol–water partition coefficient (Wildman–Crippen LogP) is 2.60. The zero-order valence-corrected chi connectivity index (χ0v) is 7.84. The molecule has 0 aliphatic carbocycles. The molecule has 1 aliphatic rings. The molecule has 1 N–H and O–H groups in total. The normalized spacial score (nSPS) is 28.2. The molecule has 2 rings (SSSR count). The van der Waals surface area contributed by atoms with Crippen LogP contribution >= 0.6 is 11.8 Å². The van der Waals surface area contributed by atoms with Crippen molar-refractivity contribution in [1.29, 1.82) is 0 Å². The van der Waals surface area contributed by atoms with Crippen LogP contribution < -0.4 is 0 Å². The fourth-order valence-corrected chi connectivity index (χ4v) is 2.78. The molecular weight excluding hydrogens is 168 g/mol. The van der Waals surface area contributed by atoms with Gasteiger partial charge < -0.3 is 5.11 Å². The SMILES string of the molecule is C[C@H]1C[C@@H](O)c2ccccc2S1. The average molecular weight is 180 g/mol. The van der Waals surface area contributed by atoms with E-state index < -0.39 is 0 Å². The lowest BCUT2D eigenvalue weighted by atomic mass is 10.0. The number of hydrogen-bond donors (Lipinski definition) is 1. The van der Waals surface area contributed by atoms with E-state index in [1.807, 2.05) is 30.0 Å². The molecule has 0 radical (unpaired) electrons. The third-order valence-corrected chi connectivity index (χ3v) is 3.38. The molecular formula is C10H12OS. The first-order valence-corrected chi connectivity index (χ1v) is 5.09. The second kappa shape index (κ2) is 3.11. The molecule has 1 nitrogen and oxygen atoms in total. The number of aliphatic hydroxyl groups excluding tert-OH is 1. The molecule has 0 spiro atoms. The summed E-state index contributed by atoms with van der Waals surface area (Å²) in [5.74, 6) is 0. The first-order chi connectivity index (χ1) is 5.77. The van der Waals surface area contributed by atoms with Crippen LogP contribution in [0.25, 0.3) is 0 Å². The molecule has 0 amide bonds. The van der Waals surface area contributed by atoms with Crippen molar-refractivity contribution < 1.29 is 5.11 Å². The molecule has 1 heterocycles. The summed E-state index contributed by atoms with van der Waals surface area (Å²) in [6.07, 6.45) is 0.624. The highest BCUT2D eigenvalue weighted by Crippen LogP contribution is 2.39. The van der Waals surface area contributed by atoms with Crippen molar-refractivity contribution in [3.8, 4) is 0 Å². The van der Waals surface area contributed by atoms with Gasteiger partial charge in [-0.15, -0.1) is 11.8 Å². The highest BCUT2D eigenvalue weighted by atomic mass is 32.2. The monoisotopic (exact) mass is 180 g/mol. The third kappa shape index (κ3) is 1.37. The molecule has 2 atom stereocenters. The van der Waals surface area contributed by atoms with Gasteiger partial charge in [-0.05, 0) is 18.1 Å². The quantitative estimate of drug-likeness (QED) is 0.662. The van der Waals surface area contributed by atoms with E-state index in [-0.39, 0.29) is 6.10 Å². The minimum absolute atomic E-state index is 0.252. The van der Waals surface area contributed by atoms with Crippen molar-refractivity contribution in [2.45, 2.75) is 29.6 Å². The Morgan fingerprint density at radius 3 is 3.00 bits per heavy atom. The molecule has 0 aromatic heterocycles. The zero-order chi connectivity index (χ0) is 8.55. The van der Waals surface area contributed by atoms with Gasteiger partial charge in [0.05, 0.1) is 6.10 Å². The molecule has 1 aliphatic heterocycles. The van der Waals surface area contributed by atoms with E-state index >= 15 is 0 Å². The van der Waals surface area contributed by atoms with E-state index in [1.165, 1.54) is 4.90 Å². The first-order valence-electron chi connectivity index (χ1n) is 4.21. The lowest BCUT2D eigenvalue weighted by Gasteiger charge is -2.25. The summed E-state index contributed by atoms with van der Waals surface area (Å²) < 4.78 is 0. The molecule has 1 aromatic carbocycles. The Labute approximate surface area is 76.8 Å². The number of aliphatic hydroxyl groups is 1. The third-order valence-electron chi connectivity index (χ3n) is 2.16. The number of benzene rings is 1. The molecule has 0 saturated heterocycles. The maximum atomic E-state index is 9.72. The summed E-state index contributed by atoms with van der Waals surface area (Å²) >= 11 is 1.86. The van der Waals surface area contributed by atoms with E-state index in [0.29, 0.717) is 5.25 Å². The fraction of sp³-hybridized carbons (Fsp3) is 0.400. The largest absolute Gasteiger partial charge is 0.388 e. The van der Waals surface area contributed by atoms with Crippen LogP contribution in [0.15, 0.2) is 29.2 Å². The van der Waals surface area contributed by atoms with Crippen LogP contribution in [0.3, 0.4) is 0 Å². The Kier molecular flexibility index (Phi) is 2.11. The molecule has 2 heteroatoms. The van der Waals surface area contributed by atoms with Gasteiger partial charge >= 0.3 is 0 Å². The summed E-state index contributed by atoms with van der Waals surface area (Å²) in [6, 6.07) is 8.10. The van der Waals surface area contributed by atoms with Crippen LogP contribution in [0.5, 0.6) is 0 Å². The number of fused-ring (bicyclic) bond motifs is 1. The minimum Gasteiger partial charge on any atom is -0.388 e.